The number of primary amides is 1. The Morgan fingerprint density at radius 2 is 2.00 bits per heavy atom. The van der Waals surface area contributed by atoms with Crippen molar-refractivity contribution in [2.75, 3.05) is 5.32 Å². The molecule has 4 rings (SSSR count). The maximum atomic E-state index is 12.7. The maximum Gasteiger partial charge on any atom is 0.293 e. The molecule has 1 atom stereocenters. The van der Waals surface area contributed by atoms with Gasteiger partial charge in [-0.15, -0.1) is 11.3 Å². The average molecular weight is 516 g/mol. The molecule has 2 heterocycles. The topological polar surface area (TPSA) is 97.4 Å². The summed E-state index contributed by atoms with van der Waals surface area (Å²) in [6.45, 7) is 6.71. The van der Waals surface area contributed by atoms with Crippen molar-refractivity contribution in [2.24, 2.45) is 17.1 Å². The van der Waals surface area contributed by atoms with E-state index in [0.29, 0.717) is 27.3 Å². The van der Waals surface area contributed by atoms with Crippen molar-refractivity contribution in [2.45, 2.75) is 40.0 Å². The molecule has 2 amide bonds. The van der Waals surface area contributed by atoms with Gasteiger partial charge in [-0.05, 0) is 72.6 Å². The molecule has 6 nitrogen and oxygen atoms in total. The van der Waals surface area contributed by atoms with Crippen LogP contribution < -0.4 is 16.4 Å². The van der Waals surface area contributed by atoms with Crippen LogP contribution in [0, 0.1) is 11.3 Å². The zero-order valence-corrected chi connectivity index (χ0v) is 21.5. The van der Waals surface area contributed by atoms with E-state index in [4.69, 9.17) is 34.0 Å². The highest BCUT2D eigenvalue weighted by atomic mass is 35.5. The Bertz CT molecular complexity index is 1270. The lowest BCUT2D eigenvalue weighted by molar-refractivity contribution is 0.0950. The Morgan fingerprint density at radius 3 is 2.68 bits per heavy atom. The average Bonchev–Trinajstić information content (AvgIpc) is 3.37. The van der Waals surface area contributed by atoms with E-state index in [2.05, 4.69) is 31.4 Å². The summed E-state index contributed by atoms with van der Waals surface area (Å²) in [6, 6.07) is 10.4. The maximum absolute atomic E-state index is 12.7. The summed E-state index contributed by atoms with van der Waals surface area (Å²) in [7, 11) is 0. The van der Waals surface area contributed by atoms with E-state index in [1.54, 1.807) is 30.3 Å². The number of hydrogen-bond acceptors (Lipinski definition) is 5. The number of anilines is 1. The highest BCUT2D eigenvalue weighted by Crippen LogP contribution is 2.44. The van der Waals surface area contributed by atoms with E-state index in [1.807, 2.05) is 6.07 Å². The molecule has 4 N–H and O–H groups in total. The largest absolute Gasteiger partial charge is 0.451 e. The van der Waals surface area contributed by atoms with Crippen LogP contribution in [0.2, 0.25) is 5.02 Å². The number of fused-ring (bicyclic) bond motifs is 1. The fourth-order valence-corrected chi connectivity index (χ4v) is 6.02. The Balaban J connectivity index is 1.48. The van der Waals surface area contributed by atoms with Crippen LogP contribution in [0.15, 0.2) is 40.8 Å². The van der Waals surface area contributed by atoms with Crippen LogP contribution >= 0.6 is 35.2 Å². The number of halogens is 1. The fourth-order valence-electron chi connectivity index (χ4n) is 4.23. The monoisotopic (exact) mass is 515 g/mol. The fraction of sp³-hybridized carbons (Fsp3) is 0.320. The minimum atomic E-state index is -0.500. The van der Waals surface area contributed by atoms with Crippen LogP contribution in [0.4, 0.5) is 5.00 Å². The predicted molar refractivity (Wildman–Crippen MR) is 141 cm³/mol. The molecule has 0 unspecified atom stereocenters. The molecule has 0 radical (unpaired) electrons. The Hall–Kier alpha value is -2.68. The van der Waals surface area contributed by atoms with Gasteiger partial charge in [0.1, 0.15) is 10.8 Å². The quantitative estimate of drug-likeness (QED) is 0.368. The molecule has 3 aromatic rings. The molecule has 0 bridgehead atoms. The number of benzene rings is 1. The zero-order valence-electron chi connectivity index (χ0n) is 19.2. The molecular formula is C25H26ClN3O3S2. The molecule has 2 aromatic heterocycles. The molecule has 0 saturated carbocycles. The van der Waals surface area contributed by atoms with Gasteiger partial charge in [-0.1, -0.05) is 44.5 Å². The Morgan fingerprint density at radius 1 is 1.24 bits per heavy atom. The summed E-state index contributed by atoms with van der Waals surface area (Å²) in [4.78, 5) is 26.1. The van der Waals surface area contributed by atoms with Gasteiger partial charge >= 0.3 is 0 Å². The number of carbonyl (C=O) groups excluding carboxylic acids is 2. The molecule has 0 aliphatic heterocycles. The smallest absolute Gasteiger partial charge is 0.293 e. The van der Waals surface area contributed by atoms with Crippen LogP contribution in [-0.2, 0) is 12.8 Å². The molecule has 1 aromatic carbocycles. The Kier molecular flexibility index (Phi) is 6.85. The third-order valence-electron chi connectivity index (χ3n) is 6.13. The third-order valence-corrected chi connectivity index (χ3v) is 7.74. The van der Waals surface area contributed by atoms with Crippen LogP contribution in [0.5, 0.6) is 0 Å². The first-order valence-electron chi connectivity index (χ1n) is 11.0. The van der Waals surface area contributed by atoms with Gasteiger partial charge in [0, 0.05) is 15.5 Å². The zero-order chi connectivity index (χ0) is 24.6. The van der Waals surface area contributed by atoms with E-state index in [1.165, 1.54) is 11.3 Å². The lowest BCUT2D eigenvalue weighted by Gasteiger charge is -2.33. The number of furan rings is 1. The van der Waals surface area contributed by atoms with Gasteiger partial charge in [-0.3, -0.25) is 14.9 Å². The molecule has 34 heavy (non-hydrogen) atoms. The molecule has 9 heteroatoms. The second-order valence-corrected chi connectivity index (χ2v) is 11.4. The minimum absolute atomic E-state index is 0.0687. The predicted octanol–water partition coefficient (Wildman–Crippen LogP) is 6.04. The summed E-state index contributed by atoms with van der Waals surface area (Å²) in [5.74, 6) is 0.141. The van der Waals surface area contributed by atoms with Crippen molar-refractivity contribution in [3.8, 4) is 11.3 Å². The van der Waals surface area contributed by atoms with E-state index in [0.717, 1.165) is 35.3 Å². The lowest BCUT2D eigenvalue weighted by Crippen LogP contribution is -2.34. The second-order valence-electron chi connectivity index (χ2n) is 9.46. The molecule has 1 aliphatic carbocycles. The Labute approximate surface area is 212 Å². The van der Waals surface area contributed by atoms with Gasteiger partial charge in [-0.2, -0.15) is 0 Å². The molecule has 0 saturated heterocycles. The number of nitrogens with one attached hydrogen (secondary N) is 2. The van der Waals surface area contributed by atoms with E-state index in [9.17, 15) is 9.59 Å². The number of thiocarbonyl (C=S) groups is 1. The summed E-state index contributed by atoms with van der Waals surface area (Å²) in [5, 5.41) is 6.83. The van der Waals surface area contributed by atoms with Gasteiger partial charge in [0.2, 0.25) is 0 Å². The number of amides is 2. The second kappa shape index (κ2) is 9.52. The highest BCUT2D eigenvalue weighted by molar-refractivity contribution is 7.80. The number of nitrogens with two attached hydrogens (primary N) is 1. The first kappa shape index (κ1) is 24.4. The lowest BCUT2D eigenvalue weighted by atomic mass is 9.72. The standard InChI is InChI=1S/C25H26ClN3O3S2/c1-25(2,3)14-7-8-16-19(12-14)34-23(20(16)21(27)30)29-24(33)28-22(31)18-10-9-17(32-18)13-5-4-6-15(26)11-13/h4-6,9-11,14H,7-8,12H2,1-3H3,(H2,27,30)(H2,28,29,31,33)/t14-/m1/s1. The summed E-state index contributed by atoms with van der Waals surface area (Å²) >= 11 is 12.9. The summed E-state index contributed by atoms with van der Waals surface area (Å²) < 4.78 is 5.68. The van der Waals surface area contributed by atoms with E-state index in [-0.39, 0.29) is 16.3 Å². The first-order valence-corrected chi connectivity index (χ1v) is 12.6. The minimum Gasteiger partial charge on any atom is -0.451 e. The van der Waals surface area contributed by atoms with Crippen LogP contribution in [0.3, 0.4) is 0 Å². The van der Waals surface area contributed by atoms with Gasteiger partial charge in [0.25, 0.3) is 11.8 Å². The van der Waals surface area contributed by atoms with E-state index < -0.39 is 11.8 Å². The van der Waals surface area contributed by atoms with Crippen molar-refractivity contribution in [1.82, 2.24) is 5.32 Å². The van der Waals surface area contributed by atoms with Crippen molar-refractivity contribution in [3.05, 3.63) is 63.2 Å². The molecule has 178 valence electrons. The number of hydrogen-bond donors (Lipinski definition) is 3. The first-order chi connectivity index (χ1) is 16.0. The SMILES string of the molecule is CC(C)(C)[C@@H]1CCc2c(sc(NC(=S)NC(=O)c3ccc(-c4cccc(Cl)c4)o3)c2C(N)=O)C1. The normalized spacial score (nSPS) is 15.5. The van der Waals surface area contributed by atoms with Crippen molar-refractivity contribution in [3.63, 3.8) is 0 Å². The molecular weight excluding hydrogens is 490 g/mol. The number of thiophene rings is 1. The van der Waals surface area contributed by atoms with Crippen LogP contribution in [-0.4, -0.2) is 16.9 Å². The third kappa shape index (κ3) is 5.19. The van der Waals surface area contributed by atoms with Gasteiger partial charge < -0.3 is 15.5 Å². The van der Waals surface area contributed by atoms with Crippen molar-refractivity contribution >= 4 is 57.1 Å². The number of rotatable bonds is 4. The molecule has 0 spiro atoms. The van der Waals surface area contributed by atoms with Crippen LogP contribution in [0.1, 0.15) is 58.5 Å². The summed E-state index contributed by atoms with van der Waals surface area (Å²) in [5.41, 5.74) is 8.11. The van der Waals surface area contributed by atoms with Gasteiger partial charge in [0.15, 0.2) is 10.9 Å². The van der Waals surface area contributed by atoms with Gasteiger partial charge in [-0.25, -0.2) is 0 Å². The van der Waals surface area contributed by atoms with Gasteiger partial charge in [0.05, 0.1) is 5.56 Å². The van der Waals surface area contributed by atoms with Crippen molar-refractivity contribution in [1.29, 1.82) is 0 Å². The summed E-state index contributed by atoms with van der Waals surface area (Å²) in [6.07, 6.45) is 2.69. The van der Waals surface area contributed by atoms with E-state index >= 15 is 0 Å². The molecule has 0 fully saturated rings. The highest BCUT2D eigenvalue weighted by Gasteiger charge is 2.33. The molecule has 1 aliphatic rings. The van der Waals surface area contributed by atoms with Crippen molar-refractivity contribution < 1.29 is 14.0 Å². The van der Waals surface area contributed by atoms with Crippen LogP contribution in [0.25, 0.3) is 11.3 Å². The number of carbonyl (C=O) groups is 2.